The molecule has 0 unspecified atom stereocenters. The second kappa shape index (κ2) is 8.04. The van der Waals surface area contributed by atoms with Crippen molar-refractivity contribution in [1.82, 2.24) is 10.2 Å². The van der Waals surface area contributed by atoms with Crippen molar-refractivity contribution in [3.63, 3.8) is 0 Å². The first-order chi connectivity index (χ1) is 12.5. The van der Waals surface area contributed by atoms with Crippen LogP contribution in [0.5, 0.6) is 5.75 Å². The highest BCUT2D eigenvalue weighted by atomic mass is 16.5. The highest BCUT2D eigenvalue weighted by Gasteiger charge is 2.15. The lowest BCUT2D eigenvalue weighted by molar-refractivity contribution is -0.122. The molecule has 1 atom stereocenters. The zero-order valence-electron chi connectivity index (χ0n) is 15.2. The number of benzene rings is 2. The molecule has 1 aliphatic heterocycles. The first-order valence-corrected chi connectivity index (χ1v) is 8.91. The van der Waals surface area contributed by atoms with Crippen LogP contribution < -0.4 is 10.1 Å². The van der Waals surface area contributed by atoms with Gasteiger partial charge >= 0.3 is 0 Å². The van der Waals surface area contributed by atoms with E-state index in [2.05, 4.69) is 5.32 Å². The predicted octanol–water partition coefficient (Wildman–Crippen LogP) is 3.10. The van der Waals surface area contributed by atoms with E-state index in [-0.39, 0.29) is 17.9 Å². The van der Waals surface area contributed by atoms with Gasteiger partial charge in [0.1, 0.15) is 12.4 Å². The predicted molar refractivity (Wildman–Crippen MR) is 101 cm³/mol. The van der Waals surface area contributed by atoms with Crippen LogP contribution in [0.25, 0.3) is 11.1 Å². The Kier molecular flexibility index (Phi) is 5.56. The second-order valence-corrected chi connectivity index (χ2v) is 6.72. The molecule has 1 heterocycles. The van der Waals surface area contributed by atoms with E-state index in [4.69, 9.17) is 4.74 Å². The first-order valence-electron chi connectivity index (χ1n) is 8.91. The summed E-state index contributed by atoms with van der Waals surface area (Å²) >= 11 is 0. The van der Waals surface area contributed by atoms with E-state index >= 15 is 0 Å². The lowest BCUT2D eigenvalue weighted by Crippen LogP contribution is -2.37. The van der Waals surface area contributed by atoms with Crippen molar-refractivity contribution in [3.8, 4) is 16.9 Å². The fourth-order valence-corrected chi connectivity index (χ4v) is 3.01. The van der Waals surface area contributed by atoms with Gasteiger partial charge in [-0.05, 0) is 48.7 Å². The summed E-state index contributed by atoms with van der Waals surface area (Å²) in [5, 5.41) is 2.93. The average molecular weight is 352 g/mol. The standard InChI is InChI=1S/C21H24N2O3/c1-15-14-26-19-9-4-7-17(13-19)16-6-3-8-18(12-16)21(25)23(2)11-5-10-20(24)22-15/h3-4,6-9,12-13,15H,5,10-11,14H2,1-2H3,(H,22,24)/t15-/m0/s1. The molecule has 3 rings (SSSR count). The summed E-state index contributed by atoms with van der Waals surface area (Å²) in [6.45, 7) is 2.87. The summed E-state index contributed by atoms with van der Waals surface area (Å²) in [6, 6.07) is 15.3. The third-order valence-electron chi connectivity index (χ3n) is 4.43. The zero-order chi connectivity index (χ0) is 18.5. The molecule has 0 aliphatic carbocycles. The van der Waals surface area contributed by atoms with Crippen molar-refractivity contribution in [1.29, 1.82) is 0 Å². The molecule has 2 aromatic rings. The molecule has 0 radical (unpaired) electrons. The molecule has 0 spiro atoms. The third-order valence-corrected chi connectivity index (χ3v) is 4.43. The maximum absolute atomic E-state index is 12.7. The van der Waals surface area contributed by atoms with Gasteiger partial charge in [0.2, 0.25) is 5.91 Å². The molecule has 136 valence electrons. The Morgan fingerprint density at radius 1 is 1.04 bits per heavy atom. The molecule has 5 nitrogen and oxygen atoms in total. The van der Waals surface area contributed by atoms with Crippen molar-refractivity contribution in [3.05, 3.63) is 54.1 Å². The van der Waals surface area contributed by atoms with E-state index in [1.165, 1.54) is 0 Å². The number of rotatable bonds is 0. The van der Waals surface area contributed by atoms with Crippen LogP contribution in [0.3, 0.4) is 0 Å². The minimum Gasteiger partial charge on any atom is -0.491 e. The second-order valence-electron chi connectivity index (χ2n) is 6.72. The average Bonchev–Trinajstić information content (AvgIpc) is 2.65. The van der Waals surface area contributed by atoms with E-state index in [9.17, 15) is 9.59 Å². The summed E-state index contributed by atoms with van der Waals surface area (Å²) in [5.74, 6) is 0.675. The topological polar surface area (TPSA) is 58.6 Å². The molecule has 0 saturated carbocycles. The number of nitrogens with zero attached hydrogens (tertiary/aromatic N) is 1. The molecule has 0 saturated heterocycles. The van der Waals surface area contributed by atoms with Crippen LogP contribution in [0.2, 0.25) is 0 Å². The molecule has 2 aromatic carbocycles. The highest BCUT2D eigenvalue weighted by molar-refractivity contribution is 5.95. The summed E-state index contributed by atoms with van der Waals surface area (Å²) in [6.07, 6.45) is 1.01. The Morgan fingerprint density at radius 3 is 2.54 bits per heavy atom. The van der Waals surface area contributed by atoms with Gasteiger partial charge in [0.15, 0.2) is 0 Å². The van der Waals surface area contributed by atoms with E-state index in [0.29, 0.717) is 31.6 Å². The third kappa shape index (κ3) is 4.42. The summed E-state index contributed by atoms with van der Waals surface area (Å²) < 4.78 is 5.83. The Bertz CT molecular complexity index is 803. The molecule has 5 heteroatoms. The zero-order valence-corrected chi connectivity index (χ0v) is 15.2. The van der Waals surface area contributed by atoms with Gasteiger partial charge in [0.05, 0.1) is 6.04 Å². The highest BCUT2D eigenvalue weighted by Crippen LogP contribution is 2.25. The van der Waals surface area contributed by atoms with E-state index in [0.717, 1.165) is 16.9 Å². The Morgan fingerprint density at radius 2 is 1.73 bits per heavy atom. The van der Waals surface area contributed by atoms with Gasteiger partial charge < -0.3 is 15.0 Å². The van der Waals surface area contributed by atoms with Crippen molar-refractivity contribution < 1.29 is 14.3 Å². The van der Waals surface area contributed by atoms with E-state index < -0.39 is 0 Å². The lowest BCUT2D eigenvalue weighted by Gasteiger charge is -2.19. The van der Waals surface area contributed by atoms with Crippen LogP contribution in [0.4, 0.5) is 0 Å². The SMILES string of the molecule is C[C@H]1COc2cccc(c2)-c2cccc(c2)C(=O)N(C)CCCC(=O)N1. The molecule has 1 aliphatic rings. The summed E-state index contributed by atoms with van der Waals surface area (Å²) in [7, 11) is 1.77. The quantitative estimate of drug-likeness (QED) is 0.793. The number of ether oxygens (including phenoxy) is 1. The van der Waals surface area contributed by atoms with Crippen LogP contribution in [-0.4, -0.2) is 43.0 Å². The molecule has 4 bridgehead atoms. The molecular weight excluding hydrogens is 328 g/mol. The molecule has 1 N–H and O–H groups in total. The van der Waals surface area contributed by atoms with Crippen molar-refractivity contribution in [2.24, 2.45) is 0 Å². The number of hydrogen-bond donors (Lipinski definition) is 1. The normalized spacial score (nSPS) is 18.8. The number of hydrogen-bond acceptors (Lipinski definition) is 3. The molecule has 0 aromatic heterocycles. The van der Waals surface area contributed by atoms with Gasteiger partial charge in [-0.3, -0.25) is 9.59 Å². The minimum absolute atomic E-state index is 0.0233. The van der Waals surface area contributed by atoms with Gasteiger partial charge in [-0.15, -0.1) is 0 Å². The Labute approximate surface area is 154 Å². The van der Waals surface area contributed by atoms with Gasteiger partial charge in [0, 0.05) is 25.6 Å². The minimum atomic E-state index is -0.0817. The fourth-order valence-electron chi connectivity index (χ4n) is 3.01. The largest absolute Gasteiger partial charge is 0.491 e. The summed E-state index contributed by atoms with van der Waals surface area (Å²) in [5.41, 5.74) is 2.60. The van der Waals surface area contributed by atoms with Gasteiger partial charge in [-0.2, -0.15) is 0 Å². The van der Waals surface area contributed by atoms with Gasteiger partial charge in [-0.1, -0.05) is 24.3 Å². The number of amides is 2. The number of fused-ring (bicyclic) bond motifs is 5. The molecule has 2 amide bonds. The Balaban J connectivity index is 1.93. The van der Waals surface area contributed by atoms with Crippen molar-refractivity contribution in [2.75, 3.05) is 20.2 Å². The maximum Gasteiger partial charge on any atom is 0.253 e. The van der Waals surface area contributed by atoms with Gasteiger partial charge in [-0.25, -0.2) is 0 Å². The van der Waals surface area contributed by atoms with Crippen molar-refractivity contribution in [2.45, 2.75) is 25.8 Å². The van der Waals surface area contributed by atoms with E-state index in [1.807, 2.05) is 55.5 Å². The molecule has 26 heavy (non-hydrogen) atoms. The number of carbonyl (C=O) groups is 2. The molecular formula is C21H24N2O3. The van der Waals surface area contributed by atoms with Gasteiger partial charge in [0.25, 0.3) is 5.91 Å². The lowest BCUT2D eigenvalue weighted by atomic mass is 10.0. The van der Waals surface area contributed by atoms with E-state index in [1.54, 1.807) is 11.9 Å². The summed E-state index contributed by atoms with van der Waals surface area (Å²) in [4.78, 5) is 26.4. The van der Waals surface area contributed by atoms with Crippen molar-refractivity contribution >= 4 is 11.8 Å². The number of nitrogens with one attached hydrogen (secondary N) is 1. The Hall–Kier alpha value is -2.82. The first kappa shape index (κ1) is 18.0. The number of carbonyl (C=O) groups excluding carboxylic acids is 2. The maximum atomic E-state index is 12.7. The van der Waals surface area contributed by atoms with Crippen LogP contribution in [0, 0.1) is 0 Å². The molecule has 0 fully saturated rings. The fraction of sp³-hybridized carbons (Fsp3) is 0.333. The monoisotopic (exact) mass is 352 g/mol. The van der Waals surface area contributed by atoms with Crippen LogP contribution >= 0.6 is 0 Å². The smallest absolute Gasteiger partial charge is 0.253 e. The van der Waals surface area contributed by atoms with Crippen LogP contribution in [0.1, 0.15) is 30.1 Å². The van der Waals surface area contributed by atoms with Crippen LogP contribution in [0.15, 0.2) is 48.5 Å². The van der Waals surface area contributed by atoms with Crippen LogP contribution in [-0.2, 0) is 4.79 Å².